The number of ether oxygens (including phenoxy) is 1. The van der Waals surface area contributed by atoms with E-state index in [9.17, 15) is 8.42 Å². The average molecular weight is 299 g/mol. The lowest BCUT2D eigenvalue weighted by molar-refractivity contribution is 0.234. The van der Waals surface area contributed by atoms with Crippen molar-refractivity contribution in [2.24, 2.45) is 0 Å². The second-order valence-electron chi connectivity index (χ2n) is 5.39. The number of hydrogen-bond donors (Lipinski definition) is 1. The number of nitrogen functional groups attached to an aromatic ring is 1. The van der Waals surface area contributed by atoms with Crippen molar-refractivity contribution in [2.45, 2.75) is 32.9 Å². The van der Waals surface area contributed by atoms with Crippen LogP contribution in [0.3, 0.4) is 0 Å². The van der Waals surface area contributed by atoms with Gasteiger partial charge in [0.2, 0.25) is 5.88 Å². The van der Waals surface area contributed by atoms with Crippen molar-refractivity contribution in [3.05, 3.63) is 12.1 Å². The number of hydrogen-bond acceptors (Lipinski definition) is 6. The topological polar surface area (TPSA) is 85.5 Å². The van der Waals surface area contributed by atoms with E-state index in [1.807, 2.05) is 25.7 Å². The van der Waals surface area contributed by atoms with Crippen molar-refractivity contribution >= 4 is 21.3 Å². The van der Waals surface area contributed by atoms with Crippen LogP contribution in [0.4, 0.5) is 11.5 Å². The second-order valence-corrected chi connectivity index (χ2v) is 7.62. The Morgan fingerprint density at radius 3 is 2.75 bits per heavy atom. The minimum atomic E-state index is -2.94. The maximum Gasteiger partial charge on any atom is 0.239 e. The quantitative estimate of drug-likeness (QED) is 0.898. The molecule has 1 aliphatic heterocycles. The molecular formula is C13H21N3O3S. The number of aromatic nitrogens is 1. The van der Waals surface area contributed by atoms with Gasteiger partial charge in [0.25, 0.3) is 0 Å². The Kier molecular flexibility index (Phi) is 4.08. The van der Waals surface area contributed by atoms with Crippen LogP contribution in [-0.2, 0) is 9.84 Å². The van der Waals surface area contributed by atoms with Crippen LogP contribution in [0.15, 0.2) is 12.1 Å². The fourth-order valence-electron chi connectivity index (χ4n) is 2.26. The Bertz CT molecular complexity index is 587. The number of anilines is 2. The van der Waals surface area contributed by atoms with Crippen LogP contribution in [0.5, 0.6) is 5.88 Å². The zero-order chi connectivity index (χ0) is 14.9. The SMILES string of the molecule is CC(C)Oc1nc(N2CCS(=O)(=O)CC2C)ccc1N. The lowest BCUT2D eigenvalue weighted by Crippen LogP contribution is -2.47. The van der Waals surface area contributed by atoms with Crippen LogP contribution in [0.25, 0.3) is 0 Å². The third kappa shape index (κ3) is 3.33. The second kappa shape index (κ2) is 5.47. The highest BCUT2D eigenvalue weighted by molar-refractivity contribution is 7.91. The van der Waals surface area contributed by atoms with E-state index in [0.717, 1.165) is 0 Å². The van der Waals surface area contributed by atoms with E-state index in [4.69, 9.17) is 10.5 Å². The molecule has 1 fully saturated rings. The standard InChI is InChI=1S/C13H21N3O3S/c1-9(2)19-13-11(14)4-5-12(15-13)16-6-7-20(17,18)8-10(16)3/h4-5,9-10H,6-8,14H2,1-3H3. The summed E-state index contributed by atoms with van der Waals surface area (Å²) in [7, 11) is -2.94. The predicted octanol–water partition coefficient (Wildman–Crippen LogP) is 1.07. The van der Waals surface area contributed by atoms with Gasteiger partial charge >= 0.3 is 0 Å². The molecule has 1 saturated heterocycles. The number of sulfone groups is 1. The van der Waals surface area contributed by atoms with Crippen molar-refractivity contribution in [2.75, 3.05) is 28.7 Å². The zero-order valence-corrected chi connectivity index (χ0v) is 12.9. The van der Waals surface area contributed by atoms with Crippen molar-refractivity contribution in [3.8, 4) is 5.88 Å². The van der Waals surface area contributed by atoms with Crippen LogP contribution in [0, 0.1) is 0 Å². The van der Waals surface area contributed by atoms with Gasteiger partial charge in [0.1, 0.15) is 5.82 Å². The molecule has 6 nitrogen and oxygen atoms in total. The molecule has 1 aromatic rings. The van der Waals surface area contributed by atoms with Gasteiger partial charge in [0, 0.05) is 12.6 Å². The Morgan fingerprint density at radius 1 is 1.45 bits per heavy atom. The maximum atomic E-state index is 11.6. The van der Waals surface area contributed by atoms with E-state index in [1.54, 1.807) is 12.1 Å². The summed E-state index contributed by atoms with van der Waals surface area (Å²) in [6, 6.07) is 3.45. The third-order valence-electron chi connectivity index (χ3n) is 3.19. The van der Waals surface area contributed by atoms with Crippen LogP contribution in [-0.4, -0.2) is 43.6 Å². The molecule has 112 valence electrons. The van der Waals surface area contributed by atoms with Gasteiger partial charge in [-0.05, 0) is 32.9 Å². The Hall–Kier alpha value is -1.50. The molecule has 0 saturated carbocycles. The number of pyridine rings is 1. The summed E-state index contributed by atoms with van der Waals surface area (Å²) in [5.74, 6) is 1.42. The Labute approximate surface area is 119 Å². The van der Waals surface area contributed by atoms with Crippen molar-refractivity contribution in [1.29, 1.82) is 0 Å². The smallest absolute Gasteiger partial charge is 0.239 e. The molecule has 2 heterocycles. The van der Waals surface area contributed by atoms with E-state index >= 15 is 0 Å². The summed E-state index contributed by atoms with van der Waals surface area (Å²) < 4.78 is 28.8. The van der Waals surface area contributed by atoms with Gasteiger partial charge in [-0.25, -0.2) is 8.42 Å². The van der Waals surface area contributed by atoms with Gasteiger partial charge in [0.15, 0.2) is 9.84 Å². The minimum Gasteiger partial charge on any atom is -0.473 e. The molecule has 20 heavy (non-hydrogen) atoms. The van der Waals surface area contributed by atoms with Crippen molar-refractivity contribution in [3.63, 3.8) is 0 Å². The molecule has 0 bridgehead atoms. The fraction of sp³-hybridized carbons (Fsp3) is 0.615. The molecule has 7 heteroatoms. The predicted molar refractivity (Wildman–Crippen MR) is 79.9 cm³/mol. The summed E-state index contributed by atoms with van der Waals surface area (Å²) in [4.78, 5) is 6.40. The number of rotatable bonds is 3. The summed E-state index contributed by atoms with van der Waals surface area (Å²) >= 11 is 0. The minimum absolute atomic E-state index is 0.0146. The normalized spacial score (nSPS) is 22.0. The van der Waals surface area contributed by atoms with Crippen LogP contribution < -0.4 is 15.4 Å². The third-order valence-corrected chi connectivity index (χ3v) is 4.98. The molecule has 2 N–H and O–H groups in total. The molecule has 2 rings (SSSR count). The number of nitrogens with two attached hydrogens (primary N) is 1. The molecule has 1 atom stereocenters. The highest BCUT2D eigenvalue weighted by Crippen LogP contribution is 2.26. The maximum absolute atomic E-state index is 11.6. The Morgan fingerprint density at radius 2 is 2.15 bits per heavy atom. The first-order valence-corrected chi connectivity index (χ1v) is 8.51. The summed E-state index contributed by atoms with van der Waals surface area (Å²) in [5, 5.41) is 0. The summed E-state index contributed by atoms with van der Waals surface area (Å²) in [5.41, 5.74) is 6.33. The van der Waals surface area contributed by atoms with E-state index in [0.29, 0.717) is 23.9 Å². The van der Waals surface area contributed by atoms with Gasteiger partial charge in [0.05, 0.1) is 23.3 Å². The Balaban J connectivity index is 2.25. The molecule has 0 radical (unpaired) electrons. The number of nitrogens with zero attached hydrogens (tertiary/aromatic N) is 2. The molecule has 0 amide bonds. The largest absolute Gasteiger partial charge is 0.473 e. The fourth-order valence-corrected chi connectivity index (χ4v) is 3.81. The van der Waals surface area contributed by atoms with E-state index in [1.165, 1.54) is 0 Å². The molecular weight excluding hydrogens is 278 g/mol. The monoisotopic (exact) mass is 299 g/mol. The molecule has 0 aromatic carbocycles. The molecule has 1 unspecified atom stereocenters. The van der Waals surface area contributed by atoms with Crippen LogP contribution in [0.2, 0.25) is 0 Å². The highest BCUT2D eigenvalue weighted by atomic mass is 32.2. The van der Waals surface area contributed by atoms with E-state index < -0.39 is 9.84 Å². The lowest BCUT2D eigenvalue weighted by atomic mass is 10.3. The lowest BCUT2D eigenvalue weighted by Gasteiger charge is -2.34. The summed E-state index contributed by atoms with van der Waals surface area (Å²) in [6.45, 7) is 6.15. The van der Waals surface area contributed by atoms with Gasteiger partial charge in [-0.3, -0.25) is 0 Å². The van der Waals surface area contributed by atoms with Crippen LogP contribution >= 0.6 is 0 Å². The first-order chi connectivity index (χ1) is 9.28. The average Bonchev–Trinajstić information content (AvgIpc) is 2.31. The first-order valence-electron chi connectivity index (χ1n) is 6.69. The molecule has 0 aliphatic carbocycles. The van der Waals surface area contributed by atoms with E-state index in [-0.39, 0.29) is 23.7 Å². The van der Waals surface area contributed by atoms with Crippen molar-refractivity contribution < 1.29 is 13.2 Å². The van der Waals surface area contributed by atoms with Gasteiger partial charge in [-0.1, -0.05) is 0 Å². The highest BCUT2D eigenvalue weighted by Gasteiger charge is 2.29. The van der Waals surface area contributed by atoms with Crippen molar-refractivity contribution in [1.82, 2.24) is 4.98 Å². The van der Waals surface area contributed by atoms with Gasteiger partial charge in [-0.2, -0.15) is 4.98 Å². The zero-order valence-electron chi connectivity index (χ0n) is 12.0. The van der Waals surface area contributed by atoms with Gasteiger partial charge in [-0.15, -0.1) is 0 Å². The van der Waals surface area contributed by atoms with E-state index in [2.05, 4.69) is 4.98 Å². The molecule has 0 spiro atoms. The van der Waals surface area contributed by atoms with Gasteiger partial charge < -0.3 is 15.4 Å². The molecule has 1 aromatic heterocycles. The summed E-state index contributed by atoms with van der Waals surface area (Å²) in [6.07, 6.45) is -0.0146. The molecule has 1 aliphatic rings. The van der Waals surface area contributed by atoms with Crippen LogP contribution in [0.1, 0.15) is 20.8 Å². The first kappa shape index (κ1) is 14.9.